The number of rotatable bonds is 5. The molecule has 0 bridgehead atoms. The zero-order valence-corrected chi connectivity index (χ0v) is 9.57. The van der Waals surface area contributed by atoms with Crippen LogP contribution >= 0.6 is 11.6 Å². The van der Waals surface area contributed by atoms with Gasteiger partial charge in [-0.1, -0.05) is 25.2 Å². The van der Waals surface area contributed by atoms with E-state index in [0.717, 1.165) is 0 Å². The third kappa shape index (κ3) is 6.75. The fourth-order valence-corrected chi connectivity index (χ4v) is 0.904. The number of halogens is 1. The number of nitriles is 1. The number of esters is 1. The molecule has 82 valence electrons. The van der Waals surface area contributed by atoms with Gasteiger partial charge < -0.3 is 4.74 Å². The summed E-state index contributed by atoms with van der Waals surface area (Å²) in [6.07, 6.45) is 6.40. The molecular weight excluding hydrogens is 214 g/mol. The molecule has 0 unspecified atom stereocenters. The first kappa shape index (κ1) is 13.7. The Bertz CT molecular complexity index is 291. The number of nitrogens with zero attached hydrogens (tertiary/aromatic N) is 1. The Labute approximate surface area is 95.0 Å². The molecule has 0 N–H and O–H groups in total. The molecule has 0 saturated carbocycles. The molecule has 0 amide bonds. The van der Waals surface area contributed by atoms with E-state index in [0.29, 0.717) is 0 Å². The summed E-state index contributed by atoms with van der Waals surface area (Å²) in [7, 11) is 0. The molecule has 0 radical (unpaired) electrons. The predicted octanol–water partition coefficient (Wildman–Crippen LogP) is 2.43. The van der Waals surface area contributed by atoms with E-state index in [1.54, 1.807) is 19.1 Å². The molecule has 0 aliphatic heterocycles. The highest BCUT2D eigenvalue weighted by Crippen LogP contribution is 2.09. The van der Waals surface area contributed by atoms with Crippen LogP contribution in [0.4, 0.5) is 0 Å². The molecular formula is C11H14ClNO2. The molecule has 0 aromatic carbocycles. The third-order valence-electron chi connectivity index (χ3n) is 1.86. The van der Waals surface area contributed by atoms with Gasteiger partial charge in [-0.15, -0.1) is 11.6 Å². The highest BCUT2D eigenvalue weighted by atomic mass is 35.5. The highest BCUT2D eigenvalue weighted by Gasteiger charge is 2.13. The van der Waals surface area contributed by atoms with Crippen LogP contribution in [0, 0.1) is 17.2 Å². The van der Waals surface area contributed by atoms with Crippen LogP contribution in [-0.2, 0) is 9.53 Å². The minimum atomic E-state index is -0.419. The summed E-state index contributed by atoms with van der Waals surface area (Å²) in [6, 6.07) is 1.88. The maximum atomic E-state index is 10.9. The van der Waals surface area contributed by atoms with Gasteiger partial charge in [0, 0.05) is 12.0 Å². The van der Waals surface area contributed by atoms with Gasteiger partial charge in [-0.3, -0.25) is 4.79 Å². The van der Waals surface area contributed by atoms with Crippen LogP contribution in [-0.4, -0.2) is 18.0 Å². The first-order chi connectivity index (χ1) is 7.11. The first-order valence-corrected chi connectivity index (χ1v) is 5.13. The van der Waals surface area contributed by atoms with Gasteiger partial charge in [-0.25, -0.2) is 0 Å². The van der Waals surface area contributed by atoms with Crippen LogP contribution in [0.25, 0.3) is 0 Å². The summed E-state index contributed by atoms with van der Waals surface area (Å²) in [4.78, 5) is 10.9. The van der Waals surface area contributed by atoms with Gasteiger partial charge in [-0.05, 0) is 6.92 Å². The van der Waals surface area contributed by atoms with Gasteiger partial charge >= 0.3 is 5.97 Å². The second-order valence-corrected chi connectivity index (χ2v) is 3.33. The number of hydrogen-bond acceptors (Lipinski definition) is 3. The van der Waals surface area contributed by atoms with E-state index in [1.807, 2.05) is 19.1 Å². The third-order valence-corrected chi connectivity index (χ3v) is 2.08. The van der Waals surface area contributed by atoms with Crippen LogP contribution in [0.1, 0.15) is 13.8 Å². The molecule has 0 rings (SSSR count). The summed E-state index contributed by atoms with van der Waals surface area (Å²) >= 11 is 5.31. The second kappa shape index (κ2) is 8.07. The number of carbonyl (C=O) groups excluding carboxylic acids is 1. The number of ether oxygens (including phenoxy) is 1. The standard InChI is InChI=1S/C11H14ClNO2/c1-9(6-4-3-5-7-13)10(2)15-11(14)8-12/h3-6,9-10H,8H2,1-2H3/b5-3+,6-4+/t9-,10-/m1/s1. The molecule has 0 fully saturated rings. The fourth-order valence-electron chi connectivity index (χ4n) is 0.841. The van der Waals surface area contributed by atoms with Crippen LogP contribution in [0.2, 0.25) is 0 Å². The number of allylic oxidation sites excluding steroid dienone is 3. The summed E-state index contributed by atoms with van der Waals surface area (Å²) in [6.45, 7) is 3.72. The lowest BCUT2D eigenvalue weighted by Crippen LogP contribution is -2.21. The Morgan fingerprint density at radius 3 is 2.73 bits per heavy atom. The zero-order valence-electron chi connectivity index (χ0n) is 8.81. The SMILES string of the molecule is C[C@H](/C=C/C=C/C#N)[C@@H](C)OC(=O)CCl. The molecule has 2 atom stereocenters. The minimum absolute atomic E-state index is 0.0838. The highest BCUT2D eigenvalue weighted by molar-refractivity contribution is 6.26. The van der Waals surface area contributed by atoms with Crippen molar-refractivity contribution in [3.63, 3.8) is 0 Å². The van der Waals surface area contributed by atoms with E-state index < -0.39 is 5.97 Å². The van der Waals surface area contributed by atoms with Crippen molar-refractivity contribution in [3.05, 3.63) is 24.3 Å². The Kier molecular flexibility index (Phi) is 7.39. The number of alkyl halides is 1. The van der Waals surface area contributed by atoms with Crippen molar-refractivity contribution in [2.45, 2.75) is 20.0 Å². The van der Waals surface area contributed by atoms with Crippen molar-refractivity contribution in [1.82, 2.24) is 0 Å². The maximum absolute atomic E-state index is 10.9. The van der Waals surface area contributed by atoms with Gasteiger partial charge in [0.05, 0.1) is 6.07 Å². The lowest BCUT2D eigenvalue weighted by Gasteiger charge is -2.16. The normalized spacial score (nSPS) is 15.1. The van der Waals surface area contributed by atoms with E-state index in [-0.39, 0.29) is 17.9 Å². The minimum Gasteiger partial charge on any atom is -0.461 e. The van der Waals surface area contributed by atoms with Crippen molar-refractivity contribution in [1.29, 1.82) is 5.26 Å². The fraction of sp³-hybridized carbons (Fsp3) is 0.455. The summed E-state index contributed by atoms with van der Waals surface area (Å²) in [5.74, 6) is -0.466. The van der Waals surface area contributed by atoms with Gasteiger partial charge in [0.15, 0.2) is 0 Å². The molecule has 0 aromatic rings. The average molecular weight is 228 g/mol. The van der Waals surface area contributed by atoms with Gasteiger partial charge in [-0.2, -0.15) is 5.26 Å². The number of carbonyl (C=O) groups is 1. The lowest BCUT2D eigenvalue weighted by atomic mass is 10.1. The van der Waals surface area contributed by atoms with Gasteiger partial charge in [0.2, 0.25) is 0 Å². The first-order valence-electron chi connectivity index (χ1n) is 4.60. The lowest BCUT2D eigenvalue weighted by molar-refractivity contribution is -0.146. The van der Waals surface area contributed by atoms with Crippen molar-refractivity contribution >= 4 is 17.6 Å². The predicted molar refractivity (Wildman–Crippen MR) is 59.3 cm³/mol. The van der Waals surface area contributed by atoms with Crippen LogP contribution in [0.5, 0.6) is 0 Å². The zero-order chi connectivity index (χ0) is 11.7. The topological polar surface area (TPSA) is 50.1 Å². The van der Waals surface area contributed by atoms with E-state index >= 15 is 0 Å². The smallest absolute Gasteiger partial charge is 0.321 e. The van der Waals surface area contributed by atoms with Crippen molar-refractivity contribution in [3.8, 4) is 6.07 Å². The Balaban J connectivity index is 4.04. The van der Waals surface area contributed by atoms with Crippen LogP contribution in [0.3, 0.4) is 0 Å². The molecule has 0 heterocycles. The van der Waals surface area contributed by atoms with Crippen molar-refractivity contribution < 1.29 is 9.53 Å². The summed E-state index contributed by atoms with van der Waals surface area (Å²) < 4.78 is 5.01. The molecule has 0 aliphatic carbocycles. The summed E-state index contributed by atoms with van der Waals surface area (Å²) in [5, 5.41) is 8.24. The van der Waals surface area contributed by atoms with E-state index in [2.05, 4.69) is 0 Å². The van der Waals surface area contributed by atoms with E-state index in [9.17, 15) is 4.79 Å². The summed E-state index contributed by atoms with van der Waals surface area (Å²) in [5.41, 5.74) is 0. The number of hydrogen-bond donors (Lipinski definition) is 0. The van der Waals surface area contributed by atoms with E-state index in [4.69, 9.17) is 21.6 Å². The molecule has 4 heteroatoms. The van der Waals surface area contributed by atoms with Crippen molar-refractivity contribution in [2.24, 2.45) is 5.92 Å². The molecule has 0 aromatic heterocycles. The van der Waals surface area contributed by atoms with Gasteiger partial charge in [0.1, 0.15) is 12.0 Å². The van der Waals surface area contributed by atoms with Crippen LogP contribution < -0.4 is 0 Å². The quantitative estimate of drug-likeness (QED) is 0.314. The molecule has 0 saturated heterocycles. The molecule has 15 heavy (non-hydrogen) atoms. The molecule has 3 nitrogen and oxygen atoms in total. The van der Waals surface area contributed by atoms with Crippen LogP contribution in [0.15, 0.2) is 24.3 Å². The Morgan fingerprint density at radius 2 is 2.20 bits per heavy atom. The van der Waals surface area contributed by atoms with Gasteiger partial charge in [0.25, 0.3) is 0 Å². The van der Waals surface area contributed by atoms with Crippen molar-refractivity contribution in [2.75, 3.05) is 5.88 Å². The monoisotopic (exact) mass is 227 g/mol. The molecule has 0 aliphatic rings. The maximum Gasteiger partial charge on any atom is 0.321 e. The second-order valence-electron chi connectivity index (χ2n) is 3.06. The van der Waals surface area contributed by atoms with E-state index in [1.165, 1.54) is 6.08 Å². The Hall–Kier alpha value is -1.27. The molecule has 0 spiro atoms. The largest absolute Gasteiger partial charge is 0.461 e. The Morgan fingerprint density at radius 1 is 1.53 bits per heavy atom. The average Bonchev–Trinajstić information content (AvgIpc) is 2.23.